The molecule has 1 aromatic rings. The summed E-state index contributed by atoms with van der Waals surface area (Å²) in [7, 11) is 0. The zero-order chi connectivity index (χ0) is 14.8. The van der Waals surface area contributed by atoms with Gasteiger partial charge in [-0.1, -0.05) is 18.6 Å². The molecule has 1 aromatic carbocycles. The molecule has 3 rings (SSSR count). The minimum atomic E-state index is -0.00526. The van der Waals surface area contributed by atoms with E-state index < -0.39 is 0 Å². The maximum atomic E-state index is 12.5. The minimum Gasteiger partial charge on any atom is -0.493 e. The highest BCUT2D eigenvalue weighted by Gasteiger charge is 2.42. The van der Waals surface area contributed by atoms with Crippen molar-refractivity contribution in [3.8, 4) is 5.75 Å². The van der Waals surface area contributed by atoms with Crippen molar-refractivity contribution >= 4 is 5.91 Å². The second-order valence-corrected chi connectivity index (χ2v) is 6.53. The van der Waals surface area contributed by atoms with E-state index >= 15 is 0 Å². The number of fused-ring (bicyclic) bond motifs is 2. The highest BCUT2D eigenvalue weighted by Crippen LogP contribution is 2.49. The lowest BCUT2D eigenvalue weighted by atomic mass is 9.84. The van der Waals surface area contributed by atoms with E-state index in [1.54, 1.807) is 0 Å². The average molecular weight is 287 g/mol. The van der Waals surface area contributed by atoms with Crippen LogP contribution in [0.5, 0.6) is 5.75 Å². The molecule has 3 nitrogen and oxygen atoms in total. The number of hydrogen-bond donors (Lipinski definition) is 1. The van der Waals surface area contributed by atoms with Gasteiger partial charge in [-0.3, -0.25) is 4.79 Å². The van der Waals surface area contributed by atoms with Crippen LogP contribution < -0.4 is 10.1 Å². The van der Waals surface area contributed by atoms with Crippen molar-refractivity contribution in [3.05, 3.63) is 29.8 Å². The predicted octanol–water partition coefficient (Wildman–Crippen LogP) is 3.64. The Labute approximate surface area is 127 Å². The first kappa shape index (κ1) is 14.4. The smallest absolute Gasteiger partial charge is 0.255 e. The van der Waals surface area contributed by atoms with Gasteiger partial charge >= 0.3 is 0 Å². The molecule has 0 aliphatic heterocycles. The topological polar surface area (TPSA) is 38.3 Å². The molecular weight excluding hydrogens is 262 g/mol. The number of hydrogen-bond acceptors (Lipinski definition) is 2. The number of para-hydroxylation sites is 1. The van der Waals surface area contributed by atoms with Crippen molar-refractivity contribution in [2.24, 2.45) is 17.8 Å². The van der Waals surface area contributed by atoms with Gasteiger partial charge < -0.3 is 10.1 Å². The second-order valence-electron chi connectivity index (χ2n) is 6.53. The van der Waals surface area contributed by atoms with Gasteiger partial charge in [-0.05, 0) is 63.0 Å². The largest absolute Gasteiger partial charge is 0.493 e. The zero-order valence-electron chi connectivity index (χ0n) is 13.0. The molecule has 4 atom stereocenters. The molecule has 0 radical (unpaired) electrons. The molecule has 2 fully saturated rings. The molecule has 114 valence electrons. The van der Waals surface area contributed by atoms with Crippen LogP contribution in [0.2, 0.25) is 0 Å². The molecule has 0 heterocycles. The lowest BCUT2D eigenvalue weighted by Gasteiger charge is -2.28. The lowest BCUT2D eigenvalue weighted by molar-refractivity contribution is 0.0911. The first-order chi connectivity index (χ1) is 10.2. The van der Waals surface area contributed by atoms with E-state index in [0.29, 0.717) is 23.8 Å². The standard InChI is InChI=1S/C18H25NO2/c1-3-21-17-7-5-4-6-15(17)18(20)19-12(2)16-11-13-8-9-14(16)10-13/h4-7,12-14,16H,3,8-11H2,1-2H3,(H,19,20)/t12-,13-,14-,16+/m1/s1. The van der Waals surface area contributed by atoms with E-state index in [2.05, 4.69) is 12.2 Å². The molecule has 21 heavy (non-hydrogen) atoms. The molecule has 2 bridgehead atoms. The molecule has 0 unspecified atom stereocenters. The average Bonchev–Trinajstić information content (AvgIpc) is 3.10. The van der Waals surface area contributed by atoms with Crippen LogP contribution in [0, 0.1) is 17.8 Å². The normalized spacial score (nSPS) is 28.4. The van der Waals surface area contributed by atoms with Crippen LogP contribution in [0.15, 0.2) is 24.3 Å². The Morgan fingerprint density at radius 1 is 1.33 bits per heavy atom. The number of carbonyl (C=O) groups is 1. The first-order valence-electron chi connectivity index (χ1n) is 8.21. The molecule has 2 aliphatic carbocycles. The summed E-state index contributed by atoms with van der Waals surface area (Å²) in [4.78, 5) is 12.5. The third kappa shape index (κ3) is 2.92. The van der Waals surface area contributed by atoms with Crippen molar-refractivity contribution in [1.29, 1.82) is 0 Å². The number of amides is 1. The predicted molar refractivity (Wildman–Crippen MR) is 83.5 cm³/mol. The molecule has 2 aliphatic rings. The van der Waals surface area contributed by atoms with Crippen molar-refractivity contribution in [3.63, 3.8) is 0 Å². The van der Waals surface area contributed by atoms with Crippen molar-refractivity contribution < 1.29 is 9.53 Å². The van der Waals surface area contributed by atoms with E-state index in [-0.39, 0.29) is 11.9 Å². The van der Waals surface area contributed by atoms with Crippen LogP contribution in [-0.2, 0) is 0 Å². The van der Waals surface area contributed by atoms with Gasteiger partial charge in [-0.25, -0.2) is 0 Å². The molecule has 0 spiro atoms. The van der Waals surface area contributed by atoms with E-state index in [4.69, 9.17) is 4.74 Å². The van der Waals surface area contributed by atoms with Gasteiger partial charge in [0.15, 0.2) is 0 Å². The Morgan fingerprint density at radius 3 is 2.81 bits per heavy atom. The maximum absolute atomic E-state index is 12.5. The molecule has 1 N–H and O–H groups in total. The van der Waals surface area contributed by atoms with Gasteiger partial charge in [0.05, 0.1) is 12.2 Å². The van der Waals surface area contributed by atoms with Gasteiger partial charge in [0.25, 0.3) is 5.91 Å². The fourth-order valence-corrected chi connectivity index (χ4v) is 4.23. The Bertz CT molecular complexity index is 514. The lowest BCUT2D eigenvalue weighted by Crippen LogP contribution is -2.40. The third-order valence-corrected chi connectivity index (χ3v) is 5.23. The summed E-state index contributed by atoms with van der Waals surface area (Å²) in [5.41, 5.74) is 0.648. The van der Waals surface area contributed by atoms with Crippen molar-refractivity contribution in [2.75, 3.05) is 6.61 Å². The highest BCUT2D eigenvalue weighted by molar-refractivity contribution is 5.97. The Balaban J connectivity index is 1.66. The summed E-state index contributed by atoms with van der Waals surface area (Å²) in [5.74, 6) is 3.07. The van der Waals surface area contributed by atoms with Crippen molar-refractivity contribution in [1.82, 2.24) is 5.32 Å². The van der Waals surface area contributed by atoms with Crippen LogP contribution in [0.3, 0.4) is 0 Å². The molecule has 1 amide bonds. The van der Waals surface area contributed by atoms with Crippen molar-refractivity contribution in [2.45, 2.75) is 45.6 Å². The van der Waals surface area contributed by atoms with Crippen LogP contribution in [0.1, 0.15) is 49.9 Å². The van der Waals surface area contributed by atoms with Gasteiger partial charge in [0, 0.05) is 6.04 Å². The van der Waals surface area contributed by atoms with Gasteiger partial charge in [0.1, 0.15) is 5.75 Å². The van der Waals surface area contributed by atoms with Gasteiger partial charge in [0.2, 0.25) is 0 Å². The molecule has 3 heteroatoms. The number of ether oxygens (including phenoxy) is 1. The molecule has 2 saturated carbocycles. The minimum absolute atomic E-state index is 0.00526. The SMILES string of the molecule is CCOc1ccccc1C(=O)N[C@H](C)[C@@H]1C[C@@H]2CC[C@@H]1C2. The Morgan fingerprint density at radius 2 is 2.14 bits per heavy atom. The monoisotopic (exact) mass is 287 g/mol. The van der Waals surface area contributed by atoms with Gasteiger partial charge in [-0.15, -0.1) is 0 Å². The second kappa shape index (κ2) is 6.08. The Kier molecular flexibility index (Phi) is 4.18. The number of carbonyl (C=O) groups excluding carboxylic acids is 1. The maximum Gasteiger partial charge on any atom is 0.255 e. The summed E-state index contributed by atoms with van der Waals surface area (Å²) in [5, 5.41) is 3.20. The summed E-state index contributed by atoms with van der Waals surface area (Å²) in [6, 6.07) is 7.75. The van der Waals surface area contributed by atoms with Gasteiger partial charge in [-0.2, -0.15) is 0 Å². The number of nitrogens with one attached hydrogen (secondary N) is 1. The van der Waals surface area contributed by atoms with Crippen LogP contribution in [0.4, 0.5) is 0 Å². The summed E-state index contributed by atoms with van der Waals surface area (Å²) in [6.07, 6.45) is 5.42. The zero-order valence-corrected chi connectivity index (χ0v) is 13.0. The number of rotatable bonds is 5. The molecule has 0 aromatic heterocycles. The number of benzene rings is 1. The fourth-order valence-electron chi connectivity index (χ4n) is 4.23. The highest BCUT2D eigenvalue weighted by atomic mass is 16.5. The first-order valence-corrected chi connectivity index (χ1v) is 8.21. The summed E-state index contributed by atoms with van der Waals surface area (Å²) >= 11 is 0. The fraction of sp³-hybridized carbons (Fsp3) is 0.611. The van der Waals surface area contributed by atoms with Crippen LogP contribution >= 0.6 is 0 Å². The van der Waals surface area contributed by atoms with E-state index in [0.717, 1.165) is 11.8 Å². The third-order valence-electron chi connectivity index (χ3n) is 5.23. The summed E-state index contributed by atoms with van der Waals surface area (Å²) < 4.78 is 5.55. The van der Waals surface area contributed by atoms with E-state index in [1.165, 1.54) is 25.7 Å². The van der Waals surface area contributed by atoms with Crippen LogP contribution in [-0.4, -0.2) is 18.6 Å². The summed E-state index contributed by atoms with van der Waals surface area (Å²) in [6.45, 7) is 4.67. The Hall–Kier alpha value is -1.51. The van der Waals surface area contributed by atoms with E-state index in [9.17, 15) is 4.79 Å². The molecule has 0 saturated heterocycles. The quantitative estimate of drug-likeness (QED) is 0.898. The molecular formula is C18H25NO2. The van der Waals surface area contributed by atoms with E-state index in [1.807, 2.05) is 31.2 Å². The van der Waals surface area contributed by atoms with Crippen LogP contribution in [0.25, 0.3) is 0 Å².